The fraction of sp³-hybridized carbons (Fsp3) is 0.250. The number of esters is 2. The molecule has 5 rings (SSSR count). The normalized spacial score (nSPS) is 11.6. The van der Waals surface area contributed by atoms with Gasteiger partial charge in [0.25, 0.3) is 0 Å². The SMILES string of the molecule is CC(=O)Oc1c2cc(CC#N)cc1Cc1cc(CC#N)cc(c1O)Cc1cc(CC#N)cc(c1OC(C)=O)Cc1cc(CC#N)cc(c1O)C2. The summed E-state index contributed by atoms with van der Waals surface area (Å²) in [5.41, 5.74) is 6.19. The molecule has 0 spiro atoms. The van der Waals surface area contributed by atoms with E-state index in [0.29, 0.717) is 66.8 Å². The molecule has 0 saturated heterocycles. The fourth-order valence-electron chi connectivity index (χ4n) is 6.53. The van der Waals surface area contributed by atoms with E-state index in [-0.39, 0.29) is 74.4 Å². The van der Waals surface area contributed by atoms with Crippen LogP contribution in [0.2, 0.25) is 0 Å². The molecule has 0 fully saturated rings. The van der Waals surface area contributed by atoms with Crippen molar-refractivity contribution in [1.29, 1.82) is 21.0 Å². The predicted molar refractivity (Wildman–Crippen MR) is 180 cm³/mol. The first-order valence-corrected chi connectivity index (χ1v) is 15.8. The Morgan fingerprint density at radius 1 is 0.500 bits per heavy atom. The number of hydrogen-bond acceptors (Lipinski definition) is 10. The Hall–Kier alpha value is -6.62. The summed E-state index contributed by atoms with van der Waals surface area (Å²) in [5.74, 6) is -0.910. The maximum absolute atomic E-state index is 12.5. The number of ether oxygens (including phenoxy) is 2. The molecule has 1 aliphatic rings. The first kappa shape index (κ1) is 34.7. The van der Waals surface area contributed by atoms with Gasteiger partial charge in [0.05, 0.1) is 50.0 Å². The molecule has 0 unspecified atom stereocenters. The first-order chi connectivity index (χ1) is 24.0. The van der Waals surface area contributed by atoms with E-state index >= 15 is 0 Å². The zero-order valence-electron chi connectivity index (χ0n) is 27.6. The summed E-state index contributed by atoms with van der Waals surface area (Å²) in [4.78, 5) is 24.9. The van der Waals surface area contributed by atoms with Gasteiger partial charge in [0.15, 0.2) is 0 Å². The van der Waals surface area contributed by atoms with Crippen molar-refractivity contribution in [2.24, 2.45) is 0 Å². The van der Waals surface area contributed by atoms with Crippen molar-refractivity contribution < 1.29 is 29.3 Å². The number of rotatable bonds is 6. The van der Waals surface area contributed by atoms with Crippen LogP contribution in [-0.4, -0.2) is 22.2 Å². The second-order valence-electron chi connectivity index (χ2n) is 12.2. The highest BCUT2D eigenvalue weighted by Crippen LogP contribution is 2.40. The Labute approximate surface area is 289 Å². The predicted octanol–water partition coefficient (Wildman–Crippen LogP) is 5.89. The van der Waals surface area contributed by atoms with E-state index in [4.69, 9.17) is 9.47 Å². The maximum atomic E-state index is 12.5. The summed E-state index contributed by atoms with van der Waals surface area (Å²) in [6.07, 6.45) is 0.347. The molecule has 10 heteroatoms. The van der Waals surface area contributed by atoms with Crippen molar-refractivity contribution in [1.82, 2.24) is 0 Å². The second-order valence-corrected chi connectivity index (χ2v) is 12.2. The van der Waals surface area contributed by atoms with Crippen LogP contribution < -0.4 is 9.47 Å². The number of phenolic OH excluding ortho intramolecular Hbond substituents is 2. The summed E-state index contributed by atoms with van der Waals surface area (Å²) < 4.78 is 11.6. The van der Waals surface area contributed by atoms with Crippen LogP contribution in [0.25, 0.3) is 0 Å². The lowest BCUT2D eigenvalue weighted by Crippen LogP contribution is -2.11. The van der Waals surface area contributed by atoms with E-state index in [9.17, 15) is 40.8 Å². The van der Waals surface area contributed by atoms with E-state index in [1.807, 2.05) is 0 Å². The number of nitriles is 4. The van der Waals surface area contributed by atoms with Crippen LogP contribution in [0.4, 0.5) is 0 Å². The molecule has 0 saturated carbocycles. The molecule has 10 nitrogen and oxygen atoms in total. The standard InChI is InChI=1S/C40H32N4O6/c1-23(45)49-39-33-15-27(5-9-43)16-34(39)20-30-12-26(4-8-42)14-32(38(30)48)22-36-18-28(6-10-44)17-35(40(36)50-24(2)46)21-31-13-25(3-7-41)11-29(19-33)37(31)47/h11-18,47-48H,3-6,19-22H2,1-2H3. The molecule has 50 heavy (non-hydrogen) atoms. The molecule has 0 atom stereocenters. The Morgan fingerprint density at radius 3 is 0.920 bits per heavy atom. The molecule has 4 aromatic rings. The zero-order chi connectivity index (χ0) is 35.9. The highest BCUT2D eigenvalue weighted by atomic mass is 16.5. The average Bonchev–Trinajstić information content (AvgIpc) is 3.04. The van der Waals surface area contributed by atoms with Gasteiger partial charge in [-0.25, -0.2) is 0 Å². The third-order valence-corrected chi connectivity index (χ3v) is 8.41. The van der Waals surface area contributed by atoms with Gasteiger partial charge in [-0.3, -0.25) is 9.59 Å². The minimum Gasteiger partial charge on any atom is -0.507 e. The Kier molecular flexibility index (Phi) is 10.5. The number of fused-ring (bicyclic) bond motifs is 8. The number of carbonyl (C=O) groups is 2. The molecule has 1 aliphatic carbocycles. The van der Waals surface area contributed by atoms with Gasteiger partial charge < -0.3 is 19.7 Å². The molecule has 0 aliphatic heterocycles. The largest absolute Gasteiger partial charge is 0.507 e. The van der Waals surface area contributed by atoms with Gasteiger partial charge in [0.2, 0.25) is 0 Å². The average molecular weight is 665 g/mol. The van der Waals surface area contributed by atoms with E-state index in [1.165, 1.54) is 13.8 Å². The van der Waals surface area contributed by atoms with Crippen molar-refractivity contribution >= 4 is 11.9 Å². The number of hydrogen-bond donors (Lipinski definition) is 2. The van der Waals surface area contributed by atoms with Crippen molar-refractivity contribution in [2.45, 2.75) is 65.2 Å². The summed E-state index contributed by atoms with van der Waals surface area (Å²) in [5, 5.41) is 62.0. The third-order valence-electron chi connectivity index (χ3n) is 8.41. The van der Waals surface area contributed by atoms with Crippen molar-refractivity contribution in [3.8, 4) is 47.3 Å². The number of phenols is 2. The molecule has 248 valence electrons. The number of aromatic hydroxyl groups is 2. The van der Waals surface area contributed by atoms with Crippen LogP contribution in [0.3, 0.4) is 0 Å². The molecule has 0 amide bonds. The quantitative estimate of drug-likeness (QED) is 0.164. The lowest BCUT2D eigenvalue weighted by molar-refractivity contribution is -0.132. The molecule has 4 aromatic carbocycles. The third kappa shape index (κ3) is 7.74. The van der Waals surface area contributed by atoms with Crippen LogP contribution in [0.5, 0.6) is 23.0 Å². The van der Waals surface area contributed by atoms with Gasteiger partial charge >= 0.3 is 11.9 Å². The summed E-state index contributed by atoms with van der Waals surface area (Å²) in [6.45, 7) is 2.54. The smallest absolute Gasteiger partial charge is 0.308 e. The van der Waals surface area contributed by atoms with Crippen molar-refractivity contribution in [2.75, 3.05) is 0 Å². The van der Waals surface area contributed by atoms with Gasteiger partial charge in [-0.1, -0.05) is 48.5 Å². The molecule has 0 heterocycles. The van der Waals surface area contributed by atoms with E-state index < -0.39 is 11.9 Å². The minimum atomic E-state index is -0.592. The molecule has 0 aromatic heterocycles. The zero-order valence-corrected chi connectivity index (χ0v) is 27.6. The topological polar surface area (TPSA) is 188 Å². The molecular formula is C40H32N4O6. The Morgan fingerprint density at radius 2 is 0.720 bits per heavy atom. The summed E-state index contributed by atoms with van der Waals surface area (Å²) in [7, 11) is 0. The van der Waals surface area contributed by atoms with Crippen LogP contribution >= 0.6 is 0 Å². The van der Waals surface area contributed by atoms with Crippen LogP contribution in [0, 0.1) is 45.3 Å². The monoisotopic (exact) mass is 664 g/mol. The van der Waals surface area contributed by atoms with Crippen LogP contribution in [0.15, 0.2) is 48.5 Å². The molecule has 0 radical (unpaired) electrons. The molecule has 8 bridgehead atoms. The molecular weight excluding hydrogens is 632 g/mol. The minimum absolute atomic E-state index is 0.0340. The van der Waals surface area contributed by atoms with E-state index in [0.717, 1.165) is 0 Å². The molecule has 2 N–H and O–H groups in total. The van der Waals surface area contributed by atoms with E-state index in [2.05, 4.69) is 24.3 Å². The Bertz CT molecular complexity index is 1960. The fourth-order valence-corrected chi connectivity index (χ4v) is 6.53. The highest BCUT2D eigenvalue weighted by Gasteiger charge is 2.24. The lowest BCUT2D eigenvalue weighted by atomic mass is 9.87. The van der Waals surface area contributed by atoms with E-state index in [1.54, 1.807) is 48.5 Å². The van der Waals surface area contributed by atoms with Gasteiger partial charge in [0, 0.05) is 61.8 Å². The second kappa shape index (κ2) is 15.1. The van der Waals surface area contributed by atoms with Crippen molar-refractivity contribution in [3.05, 3.63) is 115 Å². The Balaban J connectivity index is 1.90. The highest BCUT2D eigenvalue weighted by molar-refractivity contribution is 5.72. The number of carbonyl (C=O) groups excluding carboxylic acids is 2. The summed E-state index contributed by atoms with van der Waals surface area (Å²) in [6, 6.07) is 22.4. The van der Waals surface area contributed by atoms with Crippen LogP contribution in [0.1, 0.15) is 80.6 Å². The van der Waals surface area contributed by atoms with Crippen molar-refractivity contribution in [3.63, 3.8) is 0 Å². The lowest BCUT2D eigenvalue weighted by Gasteiger charge is -2.21. The summed E-state index contributed by atoms with van der Waals surface area (Å²) >= 11 is 0. The van der Waals surface area contributed by atoms with Crippen LogP contribution in [-0.2, 0) is 61.0 Å². The van der Waals surface area contributed by atoms with Gasteiger partial charge in [-0.15, -0.1) is 0 Å². The van der Waals surface area contributed by atoms with Gasteiger partial charge in [0.1, 0.15) is 23.0 Å². The number of benzene rings is 4. The van der Waals surface area contributed by atoms with Gasteiger partial charge in [-0.2, -0.15) is 21.0 Å². The number of nitrogens with zero attached hydrogens (tertiary/aromatic N) is 4. The maximum Gasteiger partial charge on any atom is 0.308 e. The first-order valence-electron chi connectivity index (χ1n) is 15.8. The van der Waals surface area contributed by atoms with Gasteiger partial charge in [-0.05, 0) is 44.5 Å².